The first-order valence-corrected chi connectivity index (χ1v) is 8.24. The van der Waals surface area contributed by atoms with Crippen molar-refractivity contribution in [2.75, 3.05) is 19.6 Å². The molecule has 2 aliphatic carbocycles. The molecule has 0 amide bonds. The minimum absolute atomic E-state index is 0.504. The SMILES string of the molecule is NC1CCC(CN2CCC3(CCCC3)CC2)CC1. The van der Waals surface area contributed by atoms with Crippen molar-refractivity contribution in [3.05, 3.63) is 0 Å². The first kappa shape index (κ1) is 12.9. The Morgan fingerprint density at radius 3 is 2.11 bits per heavy atom. The lowest BCUT2D eigenvalue weighted by atomic mass is 9.76. The maximum Gasteiger partial charge on any atom is 0.00390 e. The number of rotatable bonds is 2. The summed E-state index contributed by atoms with van der Waals surface area (Å²) in [5, 5.41) is 0. The second-order valence-electron chi connectivity index (χ2n) is 7.29. The molecule has 2 N–H and O–H groups in total. The minimum Gasteiger partial charge on any atom is -0.328 e. The highest BCUT2D eigenvalue weighted by atomic mass is 15.1. The summed E-state index contributed by atoms with van der Waals surface area (Å²) < 4.78 is 0. The van der Waals surface area contributed by atoms with Crippen LogP contribution < -0.4 is 5.73 Å². The first-order chi connectivity index (χ1) is 8.76. The zero-order valence-corrected chi connectivity index (χ0v) is 11.9. The van der Waals surface area contributed by atoms with Crippen LogP contribution in [0, 0.1) is 11.3 Å². The van der Waals surface area contributed by atoms with Gasteiger partial charge >= 0.3 is 0 Å². The molecule has 0 aromatic heterocycles. The van der Waals surface area contributed by atoms with Crippen LogP contribution in [0.15, 0.2) is 0 Å². The monoisotopic (exact) mass is 250 g/mol. The number of nitrogens with zero attached hydrogens (tertiary/aromatic N) is 1. The van der Waals surface area contributed by atoms with Crippen LogP contribution in [0.25, 0.3) is 0 Å². The highest BCUT2D eigenvalue weighted by Crippen LogP contribution is 2.46. The molecule has 2 saturated carbocycles. The van der Waals surface area contributed by atoms with Crippen LogP contribution in [-0.2, 0) is 0 Å². The van der Waals surface area contributed by atoms with Crippen molar-refractivity contribution < 1.29 is 0 Å². The summed E-state index contributed by atoms with van der Waals surface area (Å²) >= 11 is 0. The van der Waals surface area contributed by atoms with Crippen molar-refractivity contribution in [2.24, 2.45) is 17.1 Å². The molecule has 0 atom stereocenters. The van der Waals surface area contributed by atoms with Gasteiger partial charge < -0.3 is 10.6 Å². The van der Waals surface area contributed by atoms with E-state index in [0.717, 1.165) is 11.3 Å². The number of likely N-dealkylation sites (tertiary alicyclic amines) is 1. The molecule has 3 aliphatic rings. The van der Waals surface area contributed by atoms with Crippen LogP contribution in [0.4, 0.5) is 0 Å². The summed E-state index contributed by atoms with van der Waals surface area (Å²) in [6.07, 6.45) is 14.3. The Morgan fingerprint density at radius 1 is 0.889 bits per heavy atom. The normalized spacial score (nSPS) is 37.2. The van der Waals surface area contributed by atoms with E-state index in [4.69, 9.17) is 5.73 Å². The minimum atomic E-state index is 0.504. The van der Waals surface area contributed by atoms with Gasteiger partial charge in [-0.2, -0.15) is 0 Å². The fraction of sp³-hybridized carbons (Fsp3) is 1.00. The second kappa shape index (κ2) is 5.50. The maximum atomic E-state index is 6.00. The third-order valence-corrected chi connectivity index (χ3v) is 5.99. The fourth-order valence-electron chi connectivity index (χ4n) is 4.57. The Kier molecular flexibility index (Phi) is 3.95. The number of nitrogens with two attached hydrogens (primary N) is 1. The number of hydrogen-bond acceptors (Lipinski definition) is 2. The van der Waals surface area contributed by atoms with E-state index >= 15 is 0 Å². The second-order valence-corrected chi connectivity index (χ2v) is 7.29. The van der Waals surface area contributed by atoms with Crippen LogP contribution in [0.2, 0.25) is 0 Å². The number of hydrogen-bond donors (Lipinski definition) is 1. The molecule has 2 nitrogen and oxygen atoms in total. The van der Waals surface area contributed by atoms with Crippen LogP contribution in [0.5, 0.6) is 0 Å². The smallest absolute Gasteiger partial charge is 0.00390 e. The lowest BCUT2D eigenvalue weighted by molar-refractivity contribution is 0.0884. The maximum absolute atomic E-state index is 6.00. The van der Waals surface area contributed by atoms with Gasteiger partial charge in [0.2, 0.25) is 0 Å². The van der Waals surface area contributed by atoms with Crippen molar-refractivity contribution >= 4 is 0 Å². The molecule has 3 rings (SSSR count). The van der Waals surface area contributed by atoms with Gasteiger partial charge in [0.1, 0.15) is 0 Å². The standard InChI is InChI=1S/C16H30N2/c17-15-5-3-14(4-6-15)13-18-11-9-16(10-12-18)7-1-2-8-16/h14-15H,1-13,17H2. The van der Waals surface area contributed by atoms with Gasteiger partial charge in [0.25, 0.3) is 0 Å². The summed E-state index contributed by atoms with van der Waals surface area (Å²) in [4.78, 5) is 2.76. The molecule has 0 aromatic rings. The van der Waals surface area contributed by atoms with Gasteiger partial charge in [-0.15, -0.1) is 0 Å². The van der Waals surface area contributed by atoms with E-state index in [-0.39, 0.29) is 0 Å². The molecular weight excluding hydrogens is 220 g/mol. The Bertz CT molecular complexity index is 252. The van der Waals surface area contributed by atoms with Crippen LogP contribution in [0.3, 0.4) is 0 Å². The summed E-state index contributed by atoms with van der Waals surface area (Å²) in [6.45, 7) is 4.12. The quantitative estimate of drug-likeness (QED) is 0.815. The van der Waals surface area contributed by atoms with Crippen molar-refractivity contribution in [1.82, 2.24) is 4.90 Å². The van der Waals surface area contributed by atoms with E-state index in [1.807, 2.05) is 0 Å². The van der Waals surface area contributed by atoms with Crippen molar-refractivity contribution in [2.45, 2.75) is 70.3 Å². The zero-order valence-electron chi connectivity index (χ0n) is 11.9. The summed E-state index contributed by atoms with van der Waals surface area (Å²) in [5.74, 6) is 0.947. The molecule has 1 saturated heterocycles. The highest BCUT2D eigenvalue weighted by Gasteiger charge is 2.37. The molecule has 3 fully saturated rings. The lowest BCUT2D eigenvalue weighted by Gasteiger charge is -2.41. The molecule has 18 heavy (non-hydrogen) atoms. The lowest BCUT2D eigenvalue weighted by Crippen LogP contribution is -2.42. The Morgan fingerprint density at radius 2 is 1.50 bits per heavy atom. The van der Waals surface area contributed by atoms with Gasteiger partial charge in [0.05, 0.1) is 0 Å². The van der Waals surface area contributed by atoms with E-state index in [2.05, 4.69) is 4.90 Å². The first-order valence-electron chi connectivity index (χ1n) is 8.24. The van der Waals surface area contributed by atoms with Gasteiger partial charge in [-0.25, -0.2) is 0 Å². The zero-order chi connectivity index (χ0) is 12.4. The average Bonchev–Trinajstić information content (AvgIpc) is 2.84. The summed E-state index contributed by atoms with van der Waals surface area (Å²) in [7, 11) is 0. The highest BCUT2D eigenvalue weighted by molar-refractivity contribution is 4.90. The van der Waals surface area contributed by atoms with E-state index in [0.29, 0.717) is 6.04 Å². The Balaban J connectivity index is 1.42. The van der Waals surface area contributed by atoms with Crippen molar-refractivity contribution in [1.29, 1.82) is 0 Å². The van der Waals surface area contributed by atoms with Crippen LogP contribution >= 0.6 is 0 Å². The van der Waals surface area contributed by atoms with E-state index in [1.165, 1.54) is 83.8 Å². The third-order valence-electron chi connectivity index (χ3n) is 5.99. The predicted molar refractivity (Wildman–Crippen MR) is 76.5 cm³/mol. The van der Waals surface area contributed by atoms with Gasteiger partial charge in [-0.05, 0) is 75.8 Å². The van der Waals surface area contributed by atoms with Gasteiger partial charge in [0.15, 0.2) is 0 Å². The number of piperidine rings is 1. The molecule has 0 aromatic carbocycles. The Hall–Kier alpha value is -0.0800. The molecule has 1 heterocycles. The summed E-state index contributed by atoms with van der Waals surface area (Å²) in [6, 6.07) is 0.504. The molecule has 2 heteroatoms. The molecule has 1 aliphatic heterocycles. The van der Waals surface area contributed by atoms with Gasteiger partial charge in [0, 0.05) is 12.6 Å². The van der Waals surface area contributed by atoms with Gasteiger partial charge in [-0.3, -0.25) is 0 Å². The fourth-order valence-corrected chi connectivity index (χ4v) is 4.57. The topological polar surface area (TPSA) is 29.3 Å². The van der Waals surface area contributed by atoms with Gasteiger partial charge in [-0.1, -0.05) is 12.8 Å². The van der Waals surface area contributed by atoms with E-state index < -0.39 is 0 Å². The summed E-state index contributed by atoms with van der Waals surface area (Å²) in [5.41, 5.74) is 6.78. The van der Waals surface area contributed by atoms with Crippen molar-refractivity contribution in [3.8, 4) is 0 Å². The molecule has 0 radical (unpaired) electrons. The molecule has 0 unspecified atom stereocenters. The molecular formula is C16H30N2. The van der Waals surface area contributed by atoms with E-state index in [1.54, 1.807) is 0 Å². The predicted octanol–water partition coefficient (Wildman–Crippen LogP) is 3.16. The largest absolute Gasteiger partial charge is 0.328 e. The Labute approximate surface area is 112 Å². The average molecular weight is 250 g/mol. The molecule has 104 valence electrons. The molecule has 1 spiro atoms. The molecule has 0 bridgehead atoms. The van der Waals surface area contributed by atoms with Crippen molar-refractivity contribution in [3.63, 3.8) is 0 Å². The van der Waals surface area contributed by atoms with Crippen LogP contribution in [0.1, 0.15) is 64.2 Å². The third kappa shape index (κ3) is 2.91. The van der Waals surface area contributed by atoms with Crippen LogP contribution in [-0.4, -0.2) is 30.6 Å². The van der Waals surface area contributed by atoms with E-state index in [9.17, 15) is 0 Å².